The first-order valence-corrected chi connectivity index (χ1v) is 4.11. The second kappa shape index (κ2) is 3.70. The zero-order valence-electron chi connectivity index (χ0n) is 7.17. The Morgan fingerprint density at radius 1 is 1.64 bits per heavy atom. The molecule has 1 aliphatic heterocycles. The molecule has 0 saturated carbocycles. The molecule has 0 spiro atoms. The second-order valence-corrected chi connectivity index (χ2v) is 3.18. The van der Waals surface area contributed by atoms with Gasteiger partial charge in [-0.1, -0.05) is 0 Å². The van der Waals surface area contributed by atoms with Gasteiger partial charge in [0.2, 0.25) is 0 Å². The summed E-state index contributed by atoms with van der Waals surface area (Å²) in [7, 11) is 0. The van der Waals surface area contributed by atoms with Gasteiger partial charge in [0.1, 0.15) is 6.04 Å². The van der Waals surface area contributed by atoms with E-state index in [9.17, 15) is 0 Å². The van der Waals surface area contributed by atoms with Gasteiger partial charge in [0.15, 0.2) is 0 Å². The summed E-state index contributed by atoms with van der Waals surface area (Å²) in [5.41, 5.74) is 0. The van der Waals surface area contributed by atoms with E-state index >= 15 is 0 Å². The standard InChI is InChI=1S/C8H15N3/c1-7(2)11-4-3-10-6-8(11)5-9/h7-8,10H,3-4,6H2,1-2H3/t8-/m1/s1. The van der Waals surface area contributed by atoms with E-state index in [0.29, 0.717) is 6.04 Å². The average molecular weight is 153 g/mol. The normalized spacial score (nSPS) is 26.9. The number of nitrogens with zero attached hydrogens (tertiary/aromatic N) is 2. The molecule has 1 atom stereocenters. The summed E-state index contributed by atoms with van der Waals surface area (Å²) in [5.74, 6) is 0. The van der Waals surface area contributed by atoms with Gasteiger partial charge in [-0.25, -0.2) is 0 Å². The highest BCUT2D eigenvalue weighted by Gasteiger charge is 2.23. The maximum Gasteiger partial charge on any atom is 0.111 e. The summed E-state index contributed by atoms with van der Waals surface area (Å²) >= 11 is 0. The van der Waals surface area contributed by atoms with Gasteiger partial charge >= 0.3 is 0 Å². The zero-order valence-corrected chi connectivity index (χ0v) is 7.17. The third kappa shape index (κ3) is 1.92. The highest BCUT2D eigenvalue weighted by molar-refractivity contribution is 4.97. The summed E-state index contributed by atoms with van der Waals surface area (Å²) in [5, 5.41) is 12.0. The summed E-state index contributed by atoms with van der Waals surface area (Å²) in [6, 6.07) is 2.86. The second-order valence-electron chi connectivity index (χ2n) is 3.18. The highest BCUT2D eigenvalue weighted by Crippen LogP contribution is 2.06. The van der Waals surface area contributed by atoms with Crippen molar-refractivity contribution in [3.8, 4) is 6.07 Å². The van der Waals surface area contributed by atoms with Crippen LogP contribution in [0.1, 0.15) is 13.8 Å². The van der Waals surface area contributed by atoms with Crippen LogP contribution in [0.15, 0.2) is 0 Å². The Morgan fingerprint density at radius 2 is 2.36 bits per heavy atom. The first-order chi connectivity index (χ1) is 5.25. The fraction of sp³-hybridized carbons (Fsp3) is 0.875. The lowest BCUT2D eigenvalue weighted by Gasteiger charge is -2.34. The van der Waals surface area contributed by atoms with Crippen LogP contribution in [-0.2, 0) is 0 Å². The molecule has 1 saturated heterocycles. The van der Waals surface area contributed by atoms with Crippen LogP contribution < -0.4 is 5.32 Å². The molecule has 1 aliphatic rings. The van der Waals surface area contributed by atoms with Crippen molar-refractivity contribution in [1.29, 1.82) is 5.26 Å². The van der Waals surface area contributed by atoms with Gasteiger partial charge in [-0.3, -0.25) is 4.90 Å². The van der Waals surface area contributed by atoms with E-state index in [-0.39, 0.29) is 6.04 Å². The van der Waals surface area contributed by atoms with E-state index in [1.807, 2.05) is 0 Å². The molecule has 1 rings (SSSR count). The molecule has 1 N–H and O–H groups in total. The van der Waals surface area contributed by atoms with Gasteiger partial charge in [0.25, 0.3) is 0 Å². The molecule has 0 aliphatic carbocycles. The predicted molar refractivity (Wildman–Crippen MR) is 44.1 cm³/mol. The molecule has 0 aromatic carbocycles. The molecule has 1 fully saturated rings. The van der Waals surface area contributed by atoms with Gasteiger partial charge in [-0.2, -0.15) is 5.26 Å². The molecule has 0 amide bonds. The van der Waals surface area contributed by atoms with Crippen LogP contribution in [0.5, 0.6) is 0 Å². The fourth-order valence-corrected chi connectivity index (χ4v) is 1.46. The molecule has 3 nitrogen and oxygen atoms in total. The van der Waals surface area contributed by atoms with Crippen molar-refractivity contribution in [1.82, 2.24) is 10.2 Å². The molecule has 62 valence electrons. The smallest absolute Gasteiger partial charge is 0.111 e. The van der Waals surface area contributed by atoms with E-state index in [2.05, 4.69) is 30.1 Å². The van der Waals surface area contributed by atoms with Crippen LogP contribution in [0.4, 0.5) is 0 Å². The highest BCUT2D eigenvalue weighted by atomic mass is 15.2. The third-order valence-corrected chi connectivity index (χ3v) is 2.10. The third-order valence-electron chi connectivity index (χ3n) is 2.10. The summed E-state index contributed by atoms with van der Waals surface area (Å²) in [6.45, 7) is 7.09. The van der Waals surface area contributed by atoms with Gasteiger partial charge < -0.3 is 5.32 Å². The predicted octanol–water partition coefficient (Wildman–Crippen LogP) is 0.192. The quantitative estimate of drug-likeness (QED) is 0.584. The first-order valence-electron chi connectivity index (χ1n) is 4.11. The molecular formula is C8H15N3. The molecular weight excluding hydrogens is 138 g/mol. The number of hydrogen-bond donors (Lipinski definition) is 1. The number of nitriles is 1. The van der Waals surface area contributed by atoms with Crippen LogP contribution in [0, 0.1) is 11.3 Å². The minimum absolute atomic E-state index is 0.0729. The minimum atomic E-state index is 0.0729. The Kier molecular flexibility index (Phi) is 2.86. The van der Waals surface area contributed by atoms with Gasteiger partial charge in [-0.15, -0.1) is 0 Å². The van der Waals surface area contributed by atoms with Gasteiger partial charge in [0.05, 0.1) is 6.07 Å². The van der Waals surface area contributed by atoms with Crippen LogP contribution in [0.2, 0.25) is 0 Å². The van der Waals surface area contributed by atoms with Crippen LogP contribution in [0.3, 0.4) is 0 Å². The lowest BCUT2D eigenvalue weighted by Crippen LogP contribution is -2.53. The van der Waals surface area contributed by atoms with Crippen molar-refractivity contribution in [3.63, 3.8) is 0 Å². The molecule has 0 aromatic rings. The molecule has 3 heteroatoms. The Bertz CT molecular complexity index is 159. The zero-order chi connectivity index (χ0) is 8.27. The SMILES string of the molecule is CC(C)N1CCNC[C@H]1C#N. The molecule has 0 aromatic heterocycles. The molecule has 11 heavy (non-hydrogen) atoms. The Hall–Kier alpha value is -0.590. The van der Waals surface area contributed by atoms with Crippen molar-refractivity contribution >= 4 is 0 Å². The van der Waals surface area contributed by atoms with Crippen LogP contribution in [0.25, 0.3) is 0 Å². The van der Waals surface area contributed by atoms with Gasteiger partial charge in [0, 0.05) is 25.7 Å². The Balaban J connectivity index is 2.53. The van der Waals surface area contributed by atoms with Crippen molar-refractivity contribution < 1.29 is 0 Å². The monoisotopic (exact) mass is 153 g/mol. The number of nitrogens with one attached hydrogen (secondary N) is 1. The first kappa shape index (κ1) is 8.51. The van der Waals surface area contributed by atoms with E-state index < -0.39 is 0 Å². The molecule has 0 unspecified atom stereocenters. The number of rotatable bonds is 1. The fourth-order valence-electron chi connectivity index (χ4n) is 1.46. The summed E-state index contributed by atoms with van der Waals surface area (Å²) in [6.07, 6.45) is 0. The maximum atomic E-state index is 8.78. The largest absolute Gasteiger partial charge is 0.313 e. The van der Waals surface area contributed by atoms with Gasteiger partial charge in [-0.05, 0) is 13.8 Å². The Labute approximate surface area is 68.0 Å². The lowest BCUT2D eigenvalue weighted by atomic mass is 10.1. The molecule has 0 bridgehead atoms. The minimum Gasteiger partial charge on any atom is -0.313 e. The molecule has 1 heterocycles. The Morgan fingerprint density at radius 3 is 2.82 bits per heavy atom. The van der Waals surface area contributed by atoms with Crippen LogP contribution in [-0.4, -0.2) is 36.6 Å². The number of piperazine rings is 1. The maximum absolute atomic E-state index is 8.78. The summed E-state index contributed by atoms with van der Waals surface area (Å²) < 4.78 is 0. The van der Waals surface area contributed by atoms with E-state index in [0.717, 1.165) is 19.6 Å². The summed E-state index contributed by atoms with van der Waals surface area (Å²) in [4.78, 5) is 2.23. The topological polar surface area (TPSA) is 39.1 Å². The van der Waals surface area contributed by atoms with E-state index in [4.69, 9.17) is 5.26 Å². The number of hydrogen-bond acceptors (Lipinski definition) is 3. The van der Waals surface area contributed by atoms with E-state index in [1.165, 1.54) is 0 Å². The van der Waals surface area contributed by atoms with Crippen molar-refractivity contribution in [2.75, 3.05) is 19.6 Å². The average Bonchev–Trinajstić information content (AvgIpc) is 2.04. The molecule has 0 radical (unpaired) electrons. The van der Waals surface area contributed by atoms with Crippen molar-refractivity contribution in [2.45, 2.75) is 25.9 Å². The lowest BCUT2D eigenvalue weighted by molar-refractivity contribution is 0.156. The van der Waals surface area contributed by atoms with Crippen molar-refractivity contribution in [2.24, 2.45) is 0 Å². The van der Waals surface area contributed by atoms with E-state index in [1.54, 1.807) is 0 Å². The van der Waals surface area contributed by atoms with Crippen LogP contribution >= 0.6 is 0 Å². The van der Waals surface area contributed by atoms with Crippen molar-refractivity contribution in [3.05, 3.63) is 0 Å².